The van der Waals surface area contributed by atoms with Gasteiger partial charge in [-0.3, -0.25) is 9.59 Å². The molecule has 0 heterocycles. The molecule has 0 spiro atoms. The Morgan fingerprint density at radius 2 is 1.24 bits per heavy atom. The van der Waals surface area contributed by atoms with Crippen LogP contribution in [-0.2, 0) is 4.74 Å². The summed E-state index contributed by atoms with van der Waals surface area (Å²) in [7, 11) is 1.30. The van der Waals surface area contributed by atoms with Gasteiger partial charge in [-0.2, -0.15) is 0 Å². The number of hydrogen-bond donors (Lipinski definition) is 2. The lowest BCUT2D eigenvalue weighted by molar-refractivity contribution is 0.0600. The standard InChI is InChI=1S/C23H20N2O4/c1-15-6-8-16(9-7-15)21(26)24-19-12-10-17(11-13-19)22(27)25-20-5-3-4-18(14-20)23(28)29-2/h3-14H,1-2H3,(H,24,26)(H,25,27). The molecule has 0 fully saturated rings. The molecule has 2 amide bonds. The quantitative estimate of drug-likeness (QED) is 0.639. The number of carbonyl (C=O) groups excluding carboxylic acids is 3. The minimum absolute atomic E-state index is 0.221. The molecule has 3 aromatic carbocycles. The van der Waals surface area contributed by atoms with Crippen molar-refractivity contribution in [2.45, 2.75) is 6.92 Å². The van der Waals surface area contributed by atoms with Crippen molar-refractivity contribution in [2.75, 3.05) is 17.7 Å². The van der Waals surface area contributed by atoms with Crippen LogP contribution >= 0.6 is 0 Å². The SMILES string of the molecule is COC(=O)c1cccc(NC(=O)c2ccc(NC(=O)c3ccc(C)cc3)cc2)c1. The highest BCUT2D eigenvalue weighted by Crippen LogP contribution is 2.16. The molecule has 0 saturated heterocycles. The second kappa shape index (κ2) is 8.84. The summed E-state index contributed by atoms with van der Waals surface area (Å²) in [5.41, 5.74) is 3.47. The van der Waals surface area contributed by atoms with Crippen LogP contribution in [0.5, 0.6) is 0 Å². The number of ether oxygens (including phenoxy) is 1. The molecule has 6 heteroatoms. The molecule has 3 rings (SSSR count). The molecule has 0 aliphatic rings. The predicted molar refractivity (Wildman–Crippen MR) is 111 cm³/mol. The zero-order valence-corrected chi connectivity index (χ0v) is 16.1. The van der Waals surface area contributed by atoms with Gasteiger partial charge in [-0.25, -0.2) is 4.79 Å². The molecule has 2 N–H and O–H groups in total. The van der Waals surface area contributed by atoms with E-state index in [1.807, 2.05) is 19.1 Å². The molecule has 146 valence electrons. The third-order valence-electron chi connectivity index (χ3n) is 4.26. The fraction of sp³-hybridized carbons (Fsp3) is 0.0870. The smallest absolute Gasteiger partial charge is 0.337 e. The minimum atomic E-state index is -0.477. The van der Waals surface area contributed by atoms with Crippen LogP contribution in [0.1, 0.15) is 36.6 Å². The number of anilines is 2. The second-order valence-electron chi connectivity index (χ2n) is 6.42. The van der Waals surface area contributed by atoms with E-state index in [1.165, 1.54) is 7.11 Å². The number of aryl methyl sites for hydroxylation is 1. The van der Waals surface area contributed by atoms with Crippen molar-refractivity contribution in [3.05, 3.63) is 95.1 Å². The molecule has 0 unspecified atom stereocenters. The highest BCUT2D eigenvalue weighted by Gasteiger charge is 2.10. The van der Waals surface area contributed by atoms with Crippen molar-refractivity contribution in [3.8, 4) is 0 Å². The Labute approximate surface area is 168 Å². The van der Waals surface area contributed by atoms with E-state index >= 15 is 0 Å². The maximum absolute atomic E-state index is 12.4. The van der Waals surface area contributed by atoms with E-state index in [0.717, 1.165) is 5.56 Å². The third kappa shape index (κ3) is 5.07. The molecular formula is C23H20N2O4. The molecule has 0 aliphatic carbocycles. The van der Waals surface area contributed by atoms with Crippen molar-refractivity contribution in [2.24, 2.45) is 0 Å². The van der Waals surface area contributed by atoms with E-state index in [1.54, 1.807) is 60.7 Å². The van der Waals surface area contributed by atoms with Gasteiger partial charge in [0.05, 0.1) is 12.7 Å². The zero-order valence-electron chi connectivity index (χ0n) is 16.1. The average Bonchev–Trinajstić information content (AvgIpc) is 2.74. The molecular weight excluding hydrogens is 368 g/mol. The first kappa shape index (κ1) is 19.8. The number of carbonyl (C=O) groups is 3. The number of esters is 1. The molecule has 6 nitrogen and oxygen atoms in total. The maximum Gasteiger partial charge on any atom is 0.337 e. The summed E-state index contributed by atoms with van der Waals surface area (Å²) in [6.45, 7) is 1.96. The Kier molecular flexibility index (Phi) is 6.04. The lowest BCUT2D eigenvalue weighted by Crippen LogP contribution is -2.14. The van der Waals surface area contributed by atoms with Crippen LogP contribution in [0, 0.1) is 6.92 Å². The summed E-state index contributed by atoms with van der Waals surface area (Å²) >= 11 is 0. The fourth-order valence-electron chi connectivity index (χ4n) is 2.66. The number of amides is 2. The van der Waals surface area contributed by atoms with Gasteiger partial charge in [0.2, 0.25) is 0 Å². The largest absolute Gasteiger partial charge is 0.465 e. The van der Waals surface area contributed by atoms with Crippen LogP contribution in [0.2, 0.25) is 0 Å². The van der Waals surface area contributed by atoms with Crippen LogP contribution in [0.3, 0.4) is 0 Å². The van der Waals surface area contributed by atoms with E-state index in [2.05, 4.69) is 15.4 Å². The number of rotatable bonds is 5. The van der Waals surface area contributed by atoms with Gasteiger partial charge in [0.15, 0.2) is 0 Å². The Balaban J connectivity index is 1.65. The van der Waals surface area contributed by atoms with E-state index in [9.17, 15) is 14.4 Å². The summed E-state index contributed by atoms with van der Waals surface area (Å²) in [5.74, 6) is -1.03. The topological polar surface area (TPSA) is 84.5 Å². The third-order valence-corrected chi connectivity index (χ3v) is 4.26. The summed E-state index contributed by atoms with van der Waals surface area (Å²) in [5, 5.41) is 5.53. The normalized spacial score (nSPS) is 10.1. The van der Waals surface area contributed by atoms with Crippen LogP contribution in [0.25, 0.3) is 0 Å². The van der Waals surface area contributed by atoms with Crippen LogP contribution in [0.15, 0.2) is 72.8 Å². The molecule has 0 bridgehead atoms. The maximum atomic E-state index is 12.4. The Morgan fingerprint density at radius 3 is 1.83 bits per heavy atom. The lowest BCUT2D eigenvalue weighted by atomic mass is 10.1. The van der Waals surface area contributed by atoms with Gasteiger partial charge in [-0.05, 0) is 61.5 Å². The number of nitrogens with one attached hydrogen (secondary N) is 2. The van der Waals surface area contributed by atoms with E-state index < -0.39 is 5.97 Å². The lowest BCUT2D eigenvalue weighted by Gasteiger charge is -2.09. The van der Waals surface area contributed by atoms with E-state index in [-0.39, 0.29) is 11.8 Å². The summed E-state index contributed by atoms with van der Waals surface area (Å²) < 4.78 is 4.68. The summed E-state index contributed by atoms with van der Waals surface area (Å²) in [6, 6.07) is 20.3. The number of methoxy groups -OCH3 is 1. The van der Waals surface area contributed by atoms with Crippen molar-refractivity contribution in [1.29, 1.82) is 0 Å². The summed E-state index contributed by atoms with van der Waals surface area (Å²) in [6.07, 6.45) is 0. The monoisotopic (exact) mass is 388 g/mol. The van der Waals surface area contributed by atoms with Crippen molar-refractivity contribution in [3.63, 3.8) is 0 Å². The molecule has 3 aromatic rings. The van der Waals surface area contributed by atoms with Crippen molar-refractivity contribution in [1.82, 2.24) is 0 Å². The summed E-state index contributed by atoms with van der Waals surface area (Å²) in [4.78, 5) is 36.3. The number of hydrogen-bond acceptors (Lipinski definition) is 4. The Bertz CT molecular complexity index is 1040. The first-order valence-corrected chi connectivity index (χ1v) is 8.94. The highest BCUT2D eigenvalue weighted by atomic mass is 16.5. The van der Waals surface area contributed by atoms with Crippen LogP contribution in [0.4, 0.5) is 11.4 Å². The first-order chi connectivity index (χ1) is 14.0. The van der Waals surface area contributed by atoms with Crippen LogP contribution in [-0.4, -0.2) is 24.9 Å². The fourth-order valence-corrected chi connectivity index (χ4v) is 2.66. The molecule has 0 aliphatic heterocycles. The zero-order chi connectivity index (χ0) is 20.8. The van der Waals surface area contributed by atoms with Crippen molar-refractivity contribution < 1.29 is 19.1 Å². The molecule has 0 radical (unpaired) electrons. The first-order valence-electron chi connectivity index (χ1n) is 8.94. The Morgan fingerprint density at radius 1 is 0.690 bits per heavy atom. The van der Waals surface area contributed by atoms with Gasteiger partial charge in [0.25, 0.3) is 11.8 Å². The second-order valence-corrected chi connectivity index (χ2v) is 6.42. The molecule has 0 atom stereocenters. The van der Waals surface area contributed by atoms with Gasteiger partial charge >= 0.3 is 5.97 Å². The number of benzene rings is 3. The highest BCUT2D eigenvalue weighted by molar-refractivity contribution is 6.06. The predicted octanol–water partition coefficient (Wildman–Crippen LogP) is 4.29. The molecule has 29 heavy (non-hydrogen) atoms. The van der Waals surface area contributed by atoms with Gasteiger partial charge in [0.1, 0.15) is 0 Å². The van der Waals surface area contributed by atoms with E-state index in [0.29, 0.717) is 28.1 Å². The Hall–Kier alpha value is -3.93. The van der Waals surface area contributed by atoms with Gasteiger partial charge in [-0.1, -0.05) is 23.8 Å². The average molecular weight is 388 g/mol. The minimum Gasteiger partial charge on any atom is -0.465 e. The van der Waals surface area contributed by atoms with Gasteiger partial charge in [0, 0.05) is 22.5 Å². The van der Waals surface area contributed by atoms with Crippen molar-refractivity contribution >= 4 is 29.2 Å². The van der Waals surface area contributed by atoms with Gasteiger partial charge in [-0.15, -0.1) is 0 Å². The van der Waals surface area contributed by atoms with Gasteiger partial charge < -0.3 is 15.4 Å². The molecule has 0 saturated carbocycles. The van der Waals surface area contributed by atoms with E-state index in [4.69, 9.17) is 0 Å². The molecule has 0 aromatic heterocycles. The van der Waals surface area contributed by atoms with Crippen LogP contribution < -0.4 is 10.6 Å².